The van der Waals surface area contributed by atoms with Crippen LogP contribution < -0.4 is 0 Å². The van der Waals surface area contributed by atoms with Gasteiger partial charge in [0.05, 0.1) is 11.0 Å². The predicted octanol–water partition coefficient (Wildman–Crippen LogP) is 3.53. The van der Waals surface area contributed by atoms with Crippen molar-refractivity contribution >= 4 is 16.8 Å². The maximum atomic E-state index is 11.6. The molecule has 22 heavy (non-hydrogen) atoms. The van der Waals surface area contributed by atoms with E-state index in [1.807, 2.05) is 12.1 Å². The highest BCUT2D eigenvalue weighted by atomic mass is 16.3. The summed E-state index contributed by atoms with van der Waals surface area (Å²) in [5.74, 6) is 0.981. The Morgan fingerprint density at radius 1 is 1.18 bits per heavy atom. The van der Waals surface area contributed by atoms with Crippen LogP contribution in [0.1, 0.15) is 35.7 Å². The Balaban J connectivity index is 1.99. The van der Waals surface area contributed by atoms with Crippen LogP contribution in [0.15, 0.2) is 42.5 Å². The molecule has 1 heterocycles. The van der Waals surface area contributed by atoms with Crippen LogP contribution in [0.2, 0.25) is 0 Å². The molecular formula is C18H18N2O2. The third-order valence-electron chi connectivity index (χ3n) is 3.80. The van der Waals surface area contributed by atoms with Gasteiger partial charge in [-0.15, -0.1) is 0 Å². The molecule has 4 nitrogen and oxygen atoms in total. The summed E-state index contributed by atoms with van der Waals surface area (Å²) in [5, 5.41) is 8.94. The fraction of sp³-hybridized carbons (Fsp3) is 0.222. The molecule has 0 radical (unpaired) electrons. The molecule has 112 valence electrons. The summed E-state index contributed by atoms with van der Waals surface area (Å²) >= 11 is 0. The minimum absolute atomic E-state index is 0.292. The number of fused-ring (bicyclic) bond motifs is 1. The number of hydrogen-bond acceptors (Lipinski definition) is 3. The number of nitrogens with zero attached hydrogens (tertiary/aromatic N) is 1. The summed E-state index contributed by atoms with van der Waals surface area (Å²) in [5.41, 5.74) is 4.38. The molecule has 0 bridgehead atoms. The molecule has 4 heteroatoms. The van der Waals surface area contributed by atoms with Gasteiger partial charge < -0.3 is 10.1 Å². The van der Waals surface area contributed by atoms with Crippen LogP contribution in [-0.2, 0) is 0 Å². The maximum absolute atomic E-state index is 11.6. The summed E-state index contributed by atoms with van der Waals surface area (Å²) in [6.07, 6.45) is 0. The van der Waals surface area contributed by atoms with Crippen LogP contribution in [0.25, 0.3) is 22.4 Å². The van der Waals surface area contributed by atoms with Gasteiger partial charge in [0.2, 0.25) is 0 Å². The van der Waals surface area contributed by atoms with Crippen molar-refractivity contribution in [1.29, 1.82) is 0 Å². The molecule has 0 saturated heterocycles. The average molecular weight is 294 g/mol. The van der Waals surface area contributed by atoms with E-state index in [2.05, 4.69) is 35.9 Å². The van der Waals surface area contributed by atoms with Gasteiger partial charge in [0.25, 0.3) is 0 Å². The summed E-state index contributed by atoms with van der Waals surface area (Å²) in [7, 11) is 0. The highest BCUT2D eigenvalue weighted by Gasteiger charge is 2.09. The second-order valence-electron chi connectivity index (χ2n) is 5.68. The molecule has 2 N–H and O–H groups in total. The molecule has 0 aliphatic carbocycles. The third-order valence-corrected chi connectivity index (χ3v) is 3.80. The number of aliphatic hydroxyl groups excluding tert-OH is 1. The molecule has 2 aromatic carbocycles. The Morgan fingerprint density at radius 2 is 1.91 bits per heavy atom. The Hall–Kier alpha value is -2.46. The highest BCUT2D eigenvalue weighted by molar-refractivity contribution is 5.99. The molecule has 1 aromatic heterocycles. The molecule has 0 saturated carbocycles. The van der Waals surface area contributed by atoms with Crippen molar-refractivity contribution < 1.29 is 9.90 Å². The number of aromatic amines is 1. The molecule has 0 aliphatic heterocycles. The van der Waals surface area contributed by atoms with Gasteiger partial charge in [0.15, 0.2) is 5.78 Å². The second-order valence-corrected chi connectivity index (χ2v) is 5.68. The molecule has 0 amide bonds. The monoisotopic (exact) mass is 294 g/mol. The molecule has 0 atom stereocenters. The first kappa shape index (κ1) is 14.5. The number of benzene rings is 2. The zero-order valence-corrected chi connectivity index (χ0v) is 12.6. The molecule has 0 spiro atoms. The van der Waals surface area contributed by atoms with E-state index < -0.39 is 6.61 Å². The van der Waals surface area contributed by atoms with Gasteiger partial charge in [-0.1, -0.05) is 38.1 Å². The number of hydrogen-bond donors (Lipinski definition) is 2. The normalized spacial score (nSPS) is 11.3. The smallest absolute Gasteiger partial charge is 0.188 e. The van der Waals surface area contributed by atoms with Crippen LogP contribution in [0, 0.1) is 0 Å². The van der Waals surface area contributed by atoms with Gasteiger partial charge in [-0.2, -0.15) is 0 Å². The van der Waals surface area contributed by atoms with Gasteiger partial charge in [-0.05, 0) is 29.7 Å². The number of imidazole rings is 1. The lowest BCUT2D eigenvalue weighted by Crippen LogP contribution is -2.03. The average Bonchev–Trinajstić information content (AvgIpc) is 2.97. The summed E-state index contributed by atoms with van der Waals surface area (Å²) in [4.78, 5) is 19.3. The number of ketones is 1. The van der Waals surface area contributed by atoms with Crippen molar-refractivity contribution in [2.45, 2.75) is 19.8 Å². The van der Waals surface area contributed by atoms with Crippen molar-refractivity contribution in [1.82, 2.24) is 9.97 Å². The molecule has 3 aromatic rings. The standard InChI is InChI=1S/C18H18N2O2/c1-11(2)12-3-5-13(6-4-12)18-19-15-8-7-14(17(22)10-21)9-16(15)20-18/h3-9,11,21H,10H2,1-2H3,(H,19,20). The Kier molecular flexibility index (Phi) is 3.77. The zero-order valence-electron chi connectivity index (χ0n) is 12.6. The van der Waals surface area contributed by atoms with Crippen molar-refractivity contribution in [3.63, 3.8) is 0 Å². The van der Waals surface area contributed by atoms with Gasteiger partial charge in [0.1, 0.15) is 12.4 Å². The third kappa shape index (κ3) is 2.65. The summed E-state index contributed by atoms with van der Waals surface area (Å²) in [6, 6.07) is 13.5. The van der Waals surface area contributed by atoms with E-state index >= 15 is 0 Å². The van der Waals surface area contributed by atoms with Gasteiger partial charge >= 0.3 is 0 Å². The van der Waals surface area contributed by atoms with E-state index in [1.165, 1.54) is 5.56 Å². The van der Waals surface area contributed by atoms with Gasteiger partial charge in [0, 0.05) is 11.1 Å². The number of nitrogens with one attached hydrogen (secondary N) is 1. The maximum Gasteiger partial charge on any atom is 0.188 e. The predicted molar refractivity (Wildman–Crippen MR) is 87.0 cm³/mol. The Morgan fingerprint density at radius 3 is 2.55 bits per heavy atom. The minimum Gasteiger partial charge on any atom is -0.388 e. The van der Waals surface area contributed by atoms with Crippen LogP contribution >= 0.6 is 0 Å². The van der Waals surface area contributed by atoms with E-state index in [0.717, 1.165) is 22.4 Å². The lowest BCUT2D eigenvalue weighted by Gasteiger charge is -2.05. The van der Waals surface area contributed by atoms with E-state index in [4.69, 9.17) is 5.11 Å². The van der Waals surface area contributed by atoms with Crippen LogP contribution in [0.4, 0.5) is 0 Å². The fourth-order valence-corrected chi connectivity index (χ4v) is 2.44. The molecule has 3 rings (SSSR count). The first-order chi connectivity index (χ1) is 10.6. The lowest BCUT2D eigenvalue weighted by atomic mass is 10.0. The van der Waals surface area contributed by atoms with E-state index in [9.17, 15) is 4.79 Å². The SMILES string of the molecule is CC(C)c1ccc(-c2nc3ccc(C(=O)CO)cc3[nH]2)cc1. The number of carbonyl (C=O) groups excluding carboxylic acids is 1. The number of carbonyl (C=O) groups is 1. The number of Topliss-reactive ketones (excluding diaryl/α,β-unsaturated/α-hetero) is 1. The van der Waals surface area contributed by atoms with Crippen LogP contribution in [0.5, 0.6) is 0 Å². The largest absolute Gasteiger partial charge is 0.388 e. The molecule has 0 aliphatic rings. The lowest BCUT2D eigenvalue weighted by molar-refractivity contribution is 0.0904. The summed E-state index contributed by atoms with van der Waals surface area (Å²) in [6.45, 7) is 3.84. The number of rotatable bonds is 4. The topological polar surface area (TPSA) is 66.0 Å². The van der Waals surface area contributed by atoms with Gasteiger partial charge in [-0.25, -0.2) is 4.98 Å². The van der Waals surface area contributed by atoms with Crippen LogP contribution in [-0.4, -0.2) is 27.5 Å². The van der Waals surface area contributed by atoms with E-state index in [-0.39, 0.29) is 5.78 Å². The number of H-pyrrole nitrogens is 1. The van der Waals surface area contributed by atoms with Crippen molar-refractivity contribution in [2.75, 3.05) is 6.61 Å². The first-order valence-corrected chi connectivity index (χ1v) is 7.32. The molecular weight excluding hydrogens is 276 g/mol. The number of aliphatic hydroxyl groups is 1. The van der Waals surface area contributed by atoms with Crippen molar-refractivity contribution in [3.05, 3.63) is 53.6 Å². The first-order valence-electron chi connectivity index (χ1n) is 7.32. The van der Waals surface area contributed by atoms with Crippen LogP contribution in [0.3, 0.4) is 0 Å². The Labute approximate surface area is 128 Å². The van der Waals surface area contributed by atoms with E-state index in [1.54, 1.807) is 18.2 Å². The highest BCUT2D eigenvalue weighted by Crippen LogP contribution is 2.23. The molecule has 0 unspecified atom stereocenters. The van der Waals surface area contributed by atoms with Gasteiger partial charge in [-0.3, -0.25) is 4.79 Å². The zero-order chi connectivity index (χ0) is 15.7. The number of aromatic nitrogens is 2. The second kappa shape index (κ2) is 5.73. The quantitative estimate of drug-likeness (QED) is 0.723. The Bertz CT molecular complexity index is 817. The van der Waals surface area contributed by atoms with E-state index in [0.29, 0.717) is 11.5 Å². The van der Waals surface area contributed by atoms with Crippen molar-refractivity contribution in [3.8, 4) is 11.4 Å². The van der Waals surface area contributed by atoms with Crippen molar-refractivity contribution in [2.24, 2.45) is 0 Å². The fourth-order valence-electron chi connectivity index (χ4n) is 2.44. The minimum atomic E-state index is -0.483. The summed E-state index contributed by atoms with van der Waals surface area (Å²) < 4.78 is 0. The molecule has 0 fully saturated rings.